The average molecular weight is 213 g/mol. The maximum Gasteiger partial charge on any atom is 0.0320 e. The minimum atomic E-state index is 0. The molecule has 0 aliphatic heterocycles. The second-order valence-corrected chi connectivity index (χ2v) is 4.00. The topological polar surface area (TPSA) is 52.0 Å². The second kappa shape index (κ2) is 4.20. The van der Waals surface area contributed by atoms with Crippen LogP contribution in [0.15, 0.2) is 18.2 Å². The molecule has 2 nitrogen and oxygen atoms in total. The van der Waals surface area contributed by atoms with E-state index < -0.39 is 0 Å². The van der Waals surface area contributed by atoms with Gasteiger partial charge in [-0.25, -0.2) is 0 Å². The van der Waals surface area contributed by atoms with Crippen LogP contribution in [0.1, 0.15) is 42.9 Å². The Bertz CT molecular complexity index is 299. The molecule has 0 bridgehead atoms. The minimum Gasteiger partial charge on any atom is -0.399 e. The van der Waals surface area contributed by atoms with Gasteiger partial charge in [-0.2, -0.15) is 0 Å². The normalized spacial score (nSPS) is 17.3. The maximum atomic E-state index is 5.82. The highest BCUT2D eigenvalue weighted by molar-refractivity contribution is 5.85. The van der Waals surface area contributed by atoms with E-state index in [4.69, 9.17) is 11.5 Å². The lowest BCUT2D eigenvalue weighted by Crippen LogP contribution is -2.06. The van der Waals surface area contributed by atoms with Gasteiger partial charge in [-0.05, 0) is 48.9 Å². The minimum absolute atomic E-state index is 0. The van der Waals surface area contributed by atoms with Crippen LogP contribution in [0.25, 0.3) is 0 Å². The van der Waals surface area contributed by atoms with Gasteiger partial charge in [0.2, 0.25) is 0 Å². The Balaban J connectivity index is 0.000000980. The molecule has 1 fully saturated rings. The third-order valence-electron chi connectivity index (χ3n) is 2.57. The number of nitrogen functional groups attached to an aromatic ring is 1. The van der Waals surface area contributed by atoms with Crippen LogP contribution in [0.4, 0.5) is 5.69 Å². The van der Waals surface area contributed by atoms with Gasteiger partial charge in [0.05, 0.1) is 0 Å². The highest BCUT2D eigenvalue weighted by atomic mass is 35.5. The van der Waals surface area contributed by atoms with Gasteiger partial charge < -0.3 is 11.5 Å². The van der Waals surface area contributed by atoms with Crippen LogP contribution in [-0.4, -0.2) is 0 Å². The van der Waals surface area contributed by atoms with Crippen molar-refractivity contribution in [2.45, 2.75) is 31.7 Å². The summed E-state index contributed by atoms with van der Waals surface area (Å²) in [6, 6.07) is 6.32. The molecule has 14 heavy (non-hydrogen) atoms. The van der Waals surface area contributed by atoms with Crippen molar-refractivity contribution in [2.75, 3.05) is 5.73 Å². The number of hydrogen-bond donors (Lipinski definition) is 2. The Labute approximate surface area is 91.1 Å². The summed E-state index contributed by atoms with van der Waals surface area (Å²) in [7, 11) is 0. The summed E-state index contributed by atoms with van der Waals surface area (Å²) in [5.74, 6) is 0.751. The number of anilines is 1. The monoisotopic (exact) mass is 212 g/mol. The van der Waals surface area contributed by atoms with E-state index in [0.717, 1.165) is 17.2 Å². The molecule has 3 heteroatoms. The third-order valence-corrected chi connectivity index (χ3v) is 2.57. The quantitative estimate of drug-likeness (QED) is 0.741. The molecule has 1 atom stereocenters. The zero-order valence-electron chi connectivity index (χ0n) is 8.36. The molecule has 0 aromatic heterocycles. The Morgan fingerprint density at radius 3 is 2.43 bits per heavy atom. The SMILES string of the molecule is CC(N)c1cc(N)cc(C2CC2)c1.Cl. The van der Waals surface area contributed by atoms with Crippen molar-refractivity contribution in [3.8, 4) is 0 Å². The van der Waals surface area contributed by atoms with E-state index in [-0.39, 0.29) is 18.4 Å². The molecule has 0 amide bonds. The molecule has 1 unspecified atom stereocenters. The van der Waals surface area contributed by atoms with Gasteiger partial charge in [0.1, 0.15) is 0 Å². The molecule has 1 aromatic carbocycles. The van der Waals surface area contributed by atoms with Crippen molar-refractivity contribution >= 4 is 18.1 Å². The molecule has 1 saturated carbocycles. The Hall–Kier alpha value is -0.730. The predicted octanol–water partition coefficient (Wildman–Crippen LogP) is 2.59. The molecule has 78 valence electrons. The van der Waals surface area contributed by atoms with Crippen LogP contribution in [0.2, 0.25) is 0 Å². The fourth-order valence-electron chi connectivity index (χ4n) is 1.62. The highest BCUT2D eigenvalue weighted by Gasteiger charge is 2.24. The smallest absolute Gasteiger partial charge is 0.0320 e. The van der Waals surface area contributed by atoms with E-state index >= 15 is 0 Å². The van der Waals surface area contributed by atoms with Crippen molar-refractivity contribution < 1.29 is 0 Å². The summed E-state index contributed by atoms with van der Waals surface area (Å²) in [6.45, 7) is 1.99. The van der Waals surface area contributed by atoms with Crippen LogP contribution in [0, 0.1) is 0 Å². The van der Waals surface area contributed by atoms with Gasteiger partial charge in [0.25, 0.3) is 0 Å². The molecule has 0 spiro atoms. The van der Waals surface area contributed by atoms with Crippen LogP contribution in [0.5, 0.6) is 0 Å². The molecule has 1 aliphatic rings. The van der Waals surface area contributed by atoms with Crippen molar-refractivity contribution in [3.05, 3.63) is 29.3 Å². The molecule has 0 heterocycles. The van der Waals surface area contributed by atoms with E-state index in [0.29, 0.717) is 0 Å². The first-order valence-corrected chi connectivity index (χ1v) is 4.83. The Morgan fingerprint density at radius 2 is 1.93 bits per heavy atom. The highest BCUT2D eigenvalue weighted by Crippen LogP contribution is 2.41. The number of nitrogens with two attached hydrogens (primary N) is 2. The molecular weight excluding hydrogens is 196 g/mol. The van der Waals surface area contributed by atoms with E-state index in [1.807, 2.05) is 13.0 Å². The van der Waals surface area contributed by atoms with Crippen LogP contribution in [0.3, 0.4) is 0 Å². The molecular formula is C11H17ClN2. The Kier molecular flexibility index (Phi) is 3.40. The largest absolute Gasteiger partial charge is 0.399 e. The fourth-order valence-corrected chi connectivity index (χ4v) is 1.62. The zero-order chi connectivity index (χ0) is 9.42. The van der Waals surface area contributed by atoms with Gasteiger partial charge in [-0.3, -0.25) is 0 Å². The van der Waals surface area contributed by atoms with Crippen LogP contribution < -0.4 is 11.5 Å². The summed E-state index contributed by atoms with van der Waals surface area (Å²) < 4.78 is 0. The van der Waals surface area contributed by atoms with Crippen molar-refractivity contribution in [2.24, 2.45) is 5.73 Å². The third kappa shape index (κ3) is 2.40. The second-order valence-electron chi connectivity index (χ2n) is 4.00. The van der Waals surface area contributed by atoms with Crippen LogP contribution >= 0.6 is 12.4 Å². The number of hydrogen-bond acceptors (Lipinski definition) is 2. The van der Waals surface area contributed by atoms with Gasteiger partial charge in [-0.1, -0.05) is 6.07 Å². The summed E-state index contributed by atoms with van der Waals surface area (Å²) in [5, 5.41) is 0. The van der Waals surface area contributed by atoms with E-state index in [2.05, 4.69) is 12.1 Å². The standard InChI is InChI=1S/C11H16N2.ClH/c1-7(12)9-4-10(8-2-3-8)6-11(13)5-9;/h4-8H,2-3,12-13H2,1H3;1H. The molecule has 1 aromatic rings. The number of rotatable bonds is 2. The molecule has 1 aliphatic carbocycles. The molecule has 2 rings (SSSR count). The lowest BCUT2D eigenvalue weighted by molar-refractivity contribution is 0.815. The number of benzene rings is 1. The summed E-state index contributed by atoms with van der Waals surface area (Å²) in [6.07, 6.45) is 2.61. The lowest BCUT2D eigenvalue weighted by atomic mass is 10.0. The van der Waals surface area contributed by atoms with Gasteiger partial charge in [0.15, 0.2) is 0 Å². The van der Waals surface area contributed by atoms with Gasteiger partial charge >= 0.3 is 0 Å². The molecule has 0 radical (unpaired) electrons. The summed E-state index contributed by atoms with van der Waals surface area (Å²) >= 11 is 0. The lowest BCUT2D eigenvalue weighted by Gasteiger charge is -2.09. The predicted molar refractivity (Wildman–Crippen MR) is 62.7 cm³/mol. The zero-order valence-corrected chi connectivity index (χ0v) is 9.18. The van der Waals surface area contributed by atoms with Crippen LogP contribution in [-0.2, 0) is 0 Å². The maximum absolute atomic E-state index is 5.82. The average Bonchev–Trinajstić information content (AvgIpc) is 2.85. The Morgan fingerprint density at radius 1 is 1.29 bits per heavy atom. The van der Waals surface area contributed by atoms with Crippen molar-refractivity contribution in [1.82, 2.24) is 0 Å². The molecule has 0 saturated heterocycles. The van der Waals surface area contributed by atoms with Gasteiger partial charge in [-0.15, -0.1) is 12.4 Å². The first-order chi connectivity index (χ1) is 6.16. The fraction of sp³-hybridized carbons (Fsp3) is 0.455. The van der Waals surface area contributed by atoms with E-state index in [1.54, 1.807) is 0 Å². The van der Waals surface area contributed by atoms with E-state index in [9.17, 15) is 0 Å². The van der Waals surface area contributed by atoms with E-state index in [1.165, 1.54) is 18.4 Å². The number of halogens is 1. The first kappa shape index (κ1) is 11.3. The molecule has 4 N–H and O–H groups in total. The summed E-state index contributed by atoms with van der Waals surface area (Å²) in [5.41, 5.74) is 15.0. The van der Waals surface area contributed by atoms with Crippen molar-refractivity contribution in [3.63, 3.8) is 0 Å². The summed E-state index contributed by atoms with van der Waals surface area (Å²) in [4.78, 5) is 0. The van der Waals surface area contributed by atoms with Crippen molar-refractivity contribution in [1.29, 1.82) is 0 Å². The van der Waals surface area contributed by atoms with Gasteiger partial charge in [0, 0.05) is 11.7 Å². The first-order valence-electron chi connectivity index (χ1n) is 4.83.